The lowest BCUT2D eigenvalue weighted by atomic mass is 9.96. The highest BCUT2D eigenvalue weighted by Crippen LogP contribution is 2.14. The maximum absolute atomic E-state index is 14.0. The number of guanidine groups is 1. The number of carboxylic acid groups (broad SMARTS) is 5. The van der Waals surface area contributed by atoms with E-state index in [0.717, 1.165) is 0 Å². The Morgan fingerprint density at radius 1 is 0.507 bits per heavy atom. The molecule has 1 aromatic rings. The molecule has 0 heterocycles. The van der Waals surface area contributed by atoms with E-state index in [-0.39, 0.29) is 43.9 Å². The Kier molecular flexibility index (Phi) is 28.4. The number of phenols is 1. The second kappa shape index (κ2) is 32.9. The lowest BCUT2D eigenvalue weighted by molar-refractivity contribution is -0.144. The monoisotopic (exact) mass is 1070 g/mol. The van der Waals surface area contributed by atoms with Crippen LogP contribution in [0.15, 0.2) is 29.3 Å². The normalized spacial score (nSPS) is 14.5. The standard InChI is InChI=1S/C46H71N11O18/c1-5-23(4)37(44(73)55-27(7-6-20-50-46(48)49)42(71)56-36(22(2)3)45(74)75)57-43(72)31(15-19-35(65)66)54-41(70)30(14-18-34(63)64)53-40(69)29(13-17-33(61)62)52-39(68)28(12-16-32(59)60)51-38(67)26(47)21-24-8-10-25(58)11-9-24/h8-11,22-23,26-31,36-37,58H,5-7,12-21,47H2,1-4H3,(H,51,67)(H,52,68)(H,53,69)(H,54,70)(H,55,73)(H,56,71)(H,57,72)(H,59,60)(H,61,62)(H,63,64)(H,65,66)(H,74,75)(H4,48,49,50)/t23-,26-,27-,28-,29-,30-,31-,36-,37-/m0/s1. The molecule has 0 aliphatic heterocycles. The molecule has 29 nitrogen and oxygen atoms in total. The predicted octanol–water partition coefficient (Wildman–Crippen LogP) is -3.04. The smallest absolute Gasteiger partial charge is 0.326 e. The average molecular weight is 1070 g/mol. The fourth-order valence-corrected chi connectivity index (χ4v) is 6.98. The molecule has 0 fully saturated rings. The Hall–Kier alpha value is -8.11. The maximum Gasteiger partial charge on any atom is 0.326 e. The highest BCUT2D eigenvalue weighted by atomic mass is 16.4. The number of amides is 7. The number of nitrogens with zero attached hydrogens (tertiary/aromatic N) is 1. The van der Waals surface area contributed by atoms with Crippen LogP contribution in [-0.4, -0.2) is 163 Å². The van der Waals surface area contributed by atoms with Crippen molar-refractivity contribution in [1.82, 2.24) is 37.2 Å². The van der Waals surface area contributed by atoms with E-state index in [0.29, 0.717) is 5.56 Å². The molecule has 7 amide bonds. The van der Waals surface area contributed by atoms with Crippen molar-refractivity contribution in [2.75, 3.05) is 6.54 Å². The summed E-state index contributed by atoms with van der Waals surface area (Å²) in [5.41, 5.74) is 17.3. The van der Waals surface area contributed by atoms with Crippen molar-refractivity contribution in [3.05, 3.63) is 29.8 Å². The van der Waals surface area contributed by atoms with Crippen LogP contribution in [0.5, 0.6) is 5.75 Å². The third-order valence-electron chi connectivity index (χ3n) is 11.5. The number of phenolic OH excluding ortho intramolecular Hbond substituents is 1. The van der Waals surface area contributed by atoms with Gasteiger partial charge in [0.05, 0.1) is 6.04 Å². The number of aromatic hydroxyl groups is 1. The lowest BCUT2D eigenvalue weighted by Crippen LogP contribution is -2.61. The molecule has 0 spiro atoms. The van der Waals surface area contributed by atoms with Gasteiger partial charge in [-0.15, -0.1) is 0 Å². The lowest BCUT2D eigenvalue weighted by Gasteiger charge is -2.29. The molecule has 1 aromatic carbocycles. The molecule has 29 heteroatoms. The summed E-state index contributed by atoms with van der Waals surface area (Å²) >= 11 is 0. The first-order chi connectivity index (χ1) is 35.1. The molecule has 418 valence electrons. The van der Waals surface area contributed by atoms with E-state index >= 15 is 0 Å². The van der Waals surface area contributed by atoms with Gasteiger partial charge < -0.3 is 85.1 Å². The van der Waals surface area contributed by atoms with Crippen molar-refractivity contribution in [2.24, 2.45) is 34.0 Å². The fourth-order valence-electron chi connectivity index (χ4n) is 6.98. The van der Waals surface area contributed by atoms with Crippen molar-refractivity contribution in [1.29, 1.82) is 0 Å². The van der Waals surface area contributed by atoms with E-state index in [9.17, 15) is 88.2 Å². The summed E-state index contributed by atoms with van der Waals surface area (Å²) in [6.07, 6.45) is -5.57. The number of carbonyl (C=O) groups excluding carboxylic acids is 7. The zero-order valence-electron chi connectivity index (χ0n) is 42.0. The second-order valence-corrected chi connectivity index (χ2v) is 17.9. The topological polar surface area (TPSA) is 501 Å². The van der Waals surface area contributed by atoms with Crippen LogP contribution in [0.3, 0.4) is 0 Å². The Bertz CT molecular complexity index is 2210. The van der Waals surface area contributed by atoms with E-state index in [4.69, 9.17) is 17.2 Å². The van der Waals surface area contributed by atoms with Crippen molar-refractivity contribution in [3.63, 3.8) is 0 Å². The molecule has 0 saturated heterocycles. The van der Waals surface area contributed by atoms with E-state index in [2.05, 4.69) is 42.2 Å². The van der Waals surface area contributed by atoms with Gasteiger partial charge in [-0.3, -0.25) is 57.7 Å². The van der Waals surface area contributed by atoms with Crippen molar-refractivity contribution >= 4 is 77.2 Å². The summed E-state index contributed by atoms with van der Waals surface area (Å²) in [7, 11) is 0. The zero-order chi connectivity index (χ0) is 57.1. The summed E-state index contributed by atoms with van der Waals surface area (Å²) in [5, 5.41) is 73.5. The Morgan fingerprint density at radius 2 is 0.853 bits per heavy atom. The Morgan fingerprint density at radius 3 is 1.20 bits per heavy atom. The van der Waals surface area contributed by atoms with Gasteiger partial charge in [0.25, 0.3) is 0 Å². The van der Waals surface area contributed by atoms with Crippen molar-refractivity contribution in [3.8, 4) is 5.75 Å². The molecule has 0 aromatic heterocycles. The third-order valence-corrected chi connectivity index (χ3v) is 11.5. The quantitative estimate of drug-likeness (QED) is 0.0180. The molecule has 0 saturated carbocycles. The van der Waals surface area contributed by atoms with E-state index in [1.165, 1.54) is 45.0 Å². The summed E-state index contributed by atoms with van der Waals surface area (Å²) in [6, 6.07) is -7.23. The van der Waals surface area contributed by atoms with Gasteiger partial charge in [0.2, 0.25) is 41.4 Å². The first-order valence-corrected chi connectivity index (χ1v) is 23.9. The van der Waals surface area contributed by atoms with Gasteiger partial charge in [0, 0.05) is 32.2 Å². The fraction of sp³-hybridized carbons (Fsp3) is 0.587. The first-order valence-electron chi connectivity index (χ1n) is 23.9. The minimum Gasteiger partial charge on any atom is -0.508 e. The number of aliphatic imine (C=N–C) groups is 1. The van der Waals surface area contributed by atoms with Crippen LogP contribution in [0.25, 0.3) is 0 Å². The molecule has 75 heavy (non-hydrogen) atoms. The molecule has 0 bridgehead atoms. The number of aliphatic carboxylic acids is 5. The first kappa shape index (κ1) is 64.9. The summed E-state index contributed by atoms with van der Waals surface area (Å²) in [6.45, 7) is 6.26. The molecular weight excluding hydrogens is 995 g/mol. The van der Waals surface area contributed by atoms with Crippen molar-refractivity contribution < 1.29 is 88.2 Å². The number of nitrogens with one attached hydrogen (secondary N) is 7. The molecule has 0 aliphatic carbocycles. The zero-order valence-corrected chi connectivity index (χ0v) is 42.0. The highest BCUT2D eigenvalue weighted by Gasteiger charge is 2.36. The second-order valence-electron chi connectivity index (χ2n) is 17.9. The van der Waals surface area contributed by atoms with Gasteiger partial charge in [-0.1, -0.05) is 46.2 Å². The number of carbonyl (C=O) groups is 12. The molecular formula is C46H71N11O18. The largest absolute Gasteiger partial charge is 0.508 e. The van der Waals surface area contributed by atoms with Crippen LogP contribution in [-0.2, 0) is 64.0 Å². The number of nitrogens with two attached hydrogens (primary N) is 3. The molecule has 9 atom stereocenters. The Balaban J connectivity index is 3.56. The molecule has 19 N–H and O–H groups in total. The van der Waals surface area contributed by atoms with Crippen LogP contribution < -0.4 is 54.4 Å². The summed E-state index contributed by atoms with van der Waals surface area (Å²) in [4.78, 5) is 159. The van der Waals surface area contributed by atoms with Crippen LogP contribution in [0, 0.1) is 11.8 Å². The minimum atomic E-state index is -1.90. The van der Waals surface area contributed by atoms with Gasteiger partial charge in [0.15, 0.2) is 5.96 Å². The van der Waals surface area contributed by atoms with Gasteiger partial charge in [0.1, 0.15) is 48.0 Å². The van der Waals surface area contributed by atoms with Crippen LogP contribution in [0.4, 0.5) is 0 Å². The van der Waals surface area contributed by atoms with Gasteiger partial charge in [-0.25, -0.2) is 4.79 Å². The van der Waals surface area contributed by atoms with Gasteiger partial charge >= 0.3 is 29.8 Å². The molecule has 0 radical (unpaired) electrons. The van der Waals surface area contributed by atoms with Gasteiger partial charge in [-0.05, 0) is 74.5 Å². The molecule has 0 unspecified atom stereocenters. The van der Waals surface area contributed by atoms with Crippen LogP contribution >= 0.6 is 0 Å². The number of benzene rings is 1. The number of rotatable bonds is 36. The van der Waals surface area contributed by atoms with Gasteiger partial charge in [-0.2, -0.15) is 0 Å². The molecule has 0 aliphatic rings. The average Bonchev–Trinajstić information content (AvgIpc) is 3.32. The number of hydrogen-bond acceptors (Lipinski definition) is 15. The Labute approximate surface area is 430 Å². The van der Waals surface area contributed by atoms with Crippen LogP contribution in [0.1, 0.15) is 104 Å². The number of carboxylic acids is 5. The minimum absolute atomic E-state index is 0.00538. The molecule has 1 rings (SSSR count). The van der Waals surface area contributed by atoms with Crippen molar-refractivity contribution in [2.45, 2.75) is 153 Å². The predicted molar refractivity (Wildman–Crippen MR) is 263 cm³/mol. The van der Waals surface area contributed by atoms with E-state index in [1.54, 1.807) is 6.92 Å². The highest BCUT2D eigenvalue weighted by molar-refractivity contribution is 5.98. The third kappa shape index (κ3) is 25.4. The summed E-state index contributed by atoms with van der Waals surface area (Å²) in [5.74, 6) is -16.5. The maximum atomic E-state index is 14.0. The van der Waals surface area contributed by atoms with E-state index < -0.39 is 183 Å². The van der Waals surface area contributed by atoms with Crippen LogP contribution in [0.2, 0.25) is 0 Å². The number of hydrogen-bond donors (Lipinski definition) is 16. The van der Waals surface area contributed by atoms with E-state index in [1.807, 2.05) is 0 Å². The SMILES string of the molecule is CC[C@H](C)[C@H](NC(=O)[C@H](CCC(=O)O)NC(=O)[C@H](CCC(=O)O)NC(=O)[C@H](CCC(=O)O)NC(=O)[C@H](CCC(=O)O)NC(=O)[C@@H](N)Cc1ccc(O)cc1)C(=O)N[C@@H](CCCN=C(N)N)C(=O)N[C@H](C(=O)O)C(C)C. The summed E-state index contributed by atoms with van der Waals surface area (Å²) < 4.78 is 0.